The van der Waals surface area contributed by atoms with Gasteiger partial charge in [-0.3, -0.25) is 19.2 Å². The molecule has 3 aromatic rings. The van der Waals surface area contributed by atoms with Crippen LogP contribution in [0, 0.1) is 42.4 Å². The lowest BCUT2D eigenvalue weighted by Gasteiger charge is -2.37. The standard InChI is InChI=1S/C33H26Cl2N2O7S/c1-17-2-9-21(10-3-17)45(42,43)44-20-7-4-18(5-8-20)28(38)16-36(31(39)19-6-13-26(34)27(35)14-19)37-32(40)29-22-11-12-23(25-15-24(22)25)30(29)33(37)41/h2-14,22-25,29-30H,15-16H2,1H3/t22-,23-,24-,25-,29-,30+/m0/s1. The summed E-state index contributed by atoms with van der Waals surface area (Å²) in [6.07, 6.45) is 5.02. The van der Waals surface area contributed by atoms with Crippen LogP contribution in [-0.4, -0.2) is 48.5 Å². The number of carbonyl (C=O) groups excluding carboxylic acids is 4. The topological polar surface area (TPSA) is 118 Å². The SMILES string of the molecule is Cc1ccc(S(=O)(=O)Oc2ccc(C(=O)CN(C(=O)c3ccc(Cl)c(Cl)c3)N3C(=O)[C@@H]4[C@H]5C=C[C@@H]([C@@H]6C[C@@H]56)[C@@H]4C3=O)cc2)cc1. The third-order valence-electron chi connectivity index (χ3n) is 9.27. The number of carbonyl (C=O) groups is 4. The first kappa shape index (κ1) is 29.7. The summed E-state index contributed by atoms with van der Waals surface area (Å²) >= 11 is 12.2. The lowest BCUT2D eigenvalue weighted by molar-refractivity contribution is -0.154. The van der Waals surface area contributed by atoms with Crippen LogP contribution >= 0.6 is 23.2 Å². The predicted octanol–water partition coefficient (Wildman–Crippen LogP) is 5.36. The molecule has 3 fully saturated rings. The number of ketones is 1. The van der Waals surface area contributed by atoms with Gasteiger partial charge >= 0.3 is 10.1 Å². The molecule has 12 heteroatoms. The van der Waals surface area contributed by atoms with Crippen molar-refractivity contribution in [3.8, 4) is 5.75 Å². The normalized spacial score (nSPS) is 26.0. The number of benzene rings is 3. The first-order valence-electron chi connectivity index (χ1n) is 14.4. The maximum Gasteiger partial charge on any atom is 0.339 e. The Bertz CT molecular complexity index is 1870. The number of hydrazine groups is 1. The number of halogens is 2. The monoisotopic (exact) mass is 664 g/mol. The molecule has 0 spiro atoms. The van der Waals surface area contributed by atoms with Gasteiger partial charge in [-0.05, 0) is 91.6 Å². The Morgan fingerprint density at radius 1 is 0.844 bits per heavy atom. The zero-order chi connectivity index (χ0) is 31.8. The van der Waals surface area contributed by atoms with E-state index >= 15 is 0 Å². The van der Waals surface area contributed by atoms with E-state index in [-0.39, 0.29) is 43.7 Å². The van der Waals surface area contributed by atoms with Gasteiger partial charge in [0.25, 0.3) is 17.7 Å². The minimum absolute atomic E-state index is 0.0219. The number of rotatable bonds is 8. The number of aryl methyl sites for hydroxylation is 1. The molecule has 0 radical (unpaired) electrons. The molecule has 0 aromatic heterocycles. The Morgan fingerprint density at radius 2 is 1.42 bits per heavy atom. The van der Waals surface area contributed by atoms with Crippen LogP contribution in [0.1, 0.15) is 32.7 Å². The second-order valence-corrected chi connectivity index (χ2v) is 14.3. The Hall–Kier alpha value is -3.99. The van der Waals surface area contributed by atoms with Crippen LogP contribution in [0.15, 0.2) is 83.8 Å². The van der Waals surface area contributed by atoms with Gasteiger partial charge < -0.3 is 4.18 Å². The van der Waals surface area contributed by atoms with Crippen LogP contribution in [0.4, 0.5) is 0 Å². The molecule has 5 aliphatic rings. The highest BCUT2D eigenvalue weighted by Crippen LogP contribution is 2.65. The van der Waals surface area contributed by atoms with E-state index in [1.807, 2.05) is 19.1 Å². The van der Waals surface area contributed by atoms with Gasteiger partial charge in [0, 0.05) is 11.1 Å². The molecule has 1 aliphatic heterocycles. The summed E-state index contributed by atoms with van der Waals surface area (Å²) in [6.45, 7) is 1.20. The Morgan fingerprint density at radius 3 is 2.00 bits per heavy atom. The van der Waals surface area contributed by atoms with Crippen LogP contribution < -0.4 is 4.18 Å². The van der Waals surface area contributed by atoms with Crippen LogP contribution in [0.25, 0.3) is 0 Å². The highest BCUT2D eigenvalue weighted by molar-refractivity contribution is 7.87. The molecule has 3 amide bonds. The lowest BCUT2D eigenvalue weighted by atomic mass is 9.63. The number of hydrogen-bond acceptors (Lipinski definition) is 7. The van der Waals surface area contributed by atoms with Gasteiger partial charge in [-0.25, -0.2) is 5.01 Å². The van der Waals surface area contributed by atoms with Crippen molar-refractivity contribution < 1.29 is 31.8 Å². The fraction of sp³-hybridized carbons (Fsp3) is 0.273. The molecule has 4 aliphatic carbocycles. The fourth-order valence-corrected chi connectivity index (χ4v) is 8.22. The number of imide groups is 1. The predicted molar refractivity (Wildman–Crippen MR) is 164 cm³/mol. The molecule has 3 aromatic carbocycles. The van der Waals surface area contributed by atoms with Crippen LogP contribution in [0.5, 0.6) is 5.75 Å². The molecule has 9 nitrogen and oxygen atoms in total. The van der Waals surface area contributed by atoms with Crippen LogP contribution in [0.2, 0.25) is 10.0 Å². The number of amides is 3. The van der Waals surface area contributed by atoms with Crippen molar-refractivity contribution in [2.45, 2.75) is 18.2 Å². The number of nitrogens with zero attached hydrogens (tertiary/aromatic N) is 2. The van der Waals surface area contributed by atoms with Crippen molar-refractivity contribution in [1.29, 1.82) is 0 Å². The van der Waals surface area contributed by atoms with Gasteiger partial charge in [-0.2, -0.15) is 13.4 Å². The molecule has 1 saturated heterocycles. The number of Topliss-reactive ketones (excluding diaryl/α,β-unsaturated/α-hetero) is 1. The molecule has 1 heterocycles. The van der Waals surface area contributed by atoms with Gasteiger partial charge in [-0.15, -0.1) is 0 Å². The Balaban J connectivity index is 1.16. The van der Waals surface area contributed by atoms with Gasteiger partial charge in [0.05, 0.1) is 21.9 Å². The summed E-state index contributed by atoms with van der Waals surface area (Å²) in [5, 5.41) is 2.05. The van der Waals surface area contributed by atoms with Crippen LogP contribution in [0.3, 0.4) is 0 Å². The van der Waals surface area contributed by atoms with Gasteiger partial charge in [0.15, 0.2) is 5.78 Å². The molecule has 8 rings (SSSR count). The van der Waals surface area contributed by atoms with E-state index in [4.69, 9.17) is 27.4 Å². The van der Waals surface area contributed by atoms with Crippen molar-refractivity contribution in [3.63, 3.8) is 0 Å². The molecule has 0 unspecified atom stereocenters. The Kier molecular flexibility index (Phi) is 7.14. The van der Waals surface area contributed by atoms with Gasteiger partial charge in [0.1, 0.15) is 17.2 Å². The average Bonchev–Trinajstić information content (AvgIpc) is 3.80. The zero-order valence-electron chi connectivity index (χ0n) is 23.8. The minimum atomic E-state index is -4.11. The van der Waals surface area contributed by atoms with E-state index in [1.165, 1.54) is 54.6 Å². The van der Waals surface area contributed by atoms with Crippen LogP contribution in [-0.2, 0) is 19.7 Å². The number of hydrogen-bond donors (Lipinski definition) is 0. The Labute approximate surface area is 269 Å². The van der Waals surface area contributed by atoms with Crippen molar-refractivity contribution in [2.75, 3.05) is 6.54 Å². The second kappa shape index (κ2) is 10.8. The first-order valence-corrected chi connectivity index (χ1v) is 16.6. The molecule has 230 valence electrons. The maximum atomic E-state index is 13.9. The zero-order valence-corrected chi connectivity index (χ0v) is 26.1. The van der Waals surface area contributed by atoms with Gasteiger partial charge in [0.2, 0.25) is 0 Å². The third kappa shape index (κ3) is 5.05. The second-order valence-electron chi connectivity index (χ2n) is 11.9. The van der Waals surface area contributed by atoms with Crippen molar-refractivity contribution in [3.05, 3.63) is 106 Å². The highest BCUT2D eigenvalue weighted by Gasteiger charge is 2.68. The van der Waals surface area contributed by atoms with E-state index in [2.05, 4.69) is 0 Å². The first-order chi connectivity index (χ1) is 21.4. The summed E-state index contributed by atoms with van der Waals surface area (Å²) in [5.41, 5.74) is 1.04. The molecule has 45 heavy (non-hydrogen) atoms. The molecule has 0 N–H and O–H groups in total. The molecular formula is C33H26Cl2N2O7S. The smallest absolute Gasteiger partial charge is 0.339 e. The largest absolute Gasteiger partial charge is 0.379 e. The highest BCUT2D eigenvalue weighted by atomic mass is 35.5. The molecule has 2 bridgehead atoms. The summed E-state index contributed by atoms with van der Waals surface area (Å²) in [7, 11) is -4.11. The van der Waals surface area contributed by atoms with E-state index in [1.54, 1.807) is 12.1 Å². The molecular weight excluding hydrogens is 639 g/mol. The summed E-state index contributed by atoms with van der Waals surface area (Å²) in [6, 6.07) is 15.7. The van der Waals surface area contributed by atoms with Crippen molar-refractivity contribution in [2.24, 2.45) is 35.5 Å². The maximum absolute atomic E-state index is 13.9. The van der Waals surface area contributed by atoms with Crippen molar-refractivity contribution in [1.82, 2.24) is 10.0 Å². The van der Waals surface area contributed by atoms with Gasteiger partial charge in [-0.1, -0.05) is 53.1 Å². The third-order valence-corrected chi connectivity index (χ3v) is 11.3. The quantitative estimate of drug-likeness (QED) is 0.138. The van der Waals surface area contributed by atoms with Crippen molar-refractivity contribution >= 4 is 56.8 Å². The summed E-state index contributed by atoms with van der Waals surface area (Å²) in [5.74, 6) is -2.98. The average molecular weight is 666 g/mol. The van der Waals surface area contributed by atoms with E-state index in [0.717, 1.165) is 22.0 Å². The van der Waals surface area contributed by atoms with E-state index < -0.39 is 52.0 Å². The summed E-state index contributed by atoms with van der Waals surface area (Å²) < 4.78 is 30.6. The van der Waals surface area contributed by atoms with E-state index in [9.17, 15) is 27.6 Å². The lowest BCUT2D eigenvalue weighted by Crippen LogP contribution is -2.52. The number of allylic oxidation sites excluding steroid dienone is 2. The molecule has 6 atom stereocenters. The minimum Gasteiger partial charge on any atom is -0.379 e. The van der Waals surface area contributed by atoms with E-state index in [0.29, 0.717) is 11.8 Å². The fourth-order valence-electron chi connectivity index (χ4n) is 6.99. The summed E-state index contributed by atoms with van der Waals surface area (Å²) in [4.78, 5) is 55.2. The molecule has 2 saturated carbocycles.